The predicted octanol–water partition coefficient (Wildman–Crippen LogP) is 3.65. The van der Waals surface area contributed by atoms with Crippen LogP contribution in [0.15, 0.2) is 16.7 Å². The Bertz CT molecular complexity index is 397. The molecule has 1 fully saturated rings. The lowest BCUT2D eigenvalue weighted by molar-refractivity contribution is 0.103. The molecular formula is C17H30N2O. The number of hydrogen-bond acceptors (Lipinski definition) is 3. The van der Waals surface area contributed by atoms with Crippen LogP contribution in [-0.2, 0) is 13.1 Å². The first-order valence-corrected chi connectivity index (χ1v) is 7.99. The minimum Gasteiger partial charge on any atom is -0.468 e. The van der Waals surface area contributed by atoms with E-state index in [2.05, 4.69) is 44.0 Å². The highest BCUT2D eigenvalue weighted by Gasteiger charge is 2.29. The fraction of sp³-hybridized carbons (Fsp3) is 0.765. The summed E-state index contributed by atoms with van der Waals surface area (Å²) in [5.74, 6) is 2.00. The normalized spacial score (nSPS) is 18.6. The number of likely N-dealkylation sites (tertiary alicyclic amines) is 1. The van der Waals surface area contributed by atoms with E-state index in [0.717, 1.165) is 31.3 Å². The first-order valence-electron chi connectivity index (χ1n) is 7.99. The molecule has 1 aliphatic heterocycles. The number of nitrogens with one attached hydrogen (secondary N) is 1. The maximum atomic E-state index is 5.68. The molecule has 114 valence electrons. The van der Waals surface area contributed by atoms with Crippen molar-refractivity contribution in [2.75, 3.05) is 19.6 Å². The zero-order valence-electron chi connectivity index (χ0n) is 13.5. The average molecular weight is 278 g/mol. The van der Waals surface area contributed by atoms with Crippen LogP contribution in [0.3, 0.4) is 0 Å². The minimum atomic E-state index is 0.451. The van der Waals surface area contributed by atoms with Gasteiger partial charge < -0.3 is 9.73 Å². The van der Waals surface area contributed by atoms with E-state index in [4.69, 9.17) is 4.42 Å². The van der Waals surface area contributed by atoms with E-state index in [0.29, 0.717) is 5.41 Å². The fourth-order valence-corrected chi connectivity index (χ4v) is 3.08. The van der Waals surface area contributed by atoms with Crippen LogP contribution < -0.4 is 5.32 Å². The molecule has 20 heavy (non-hydrogen) atoms. The van der Waals surface area contributed by atoms with Gasteiger partial charge in [-0.05, 0) is 49.9 Å². The monoisotopic (exact) mass is 278 g/mol. The lowest BCUT2D eigenvalue weighted by Gasteiger charge is -2.38. The van der Waals surface area contributed by atoms with Gasteiger partial charge >= 0.3 is 0 Å². The van der Waals surface area contributed by atoms with E-state index >= 15 is 0 Å². The predicted molar refractivity (Wildman–Crippen MR) is 83.5 cm³/mol. The molecule has 1 aromatic heterocycles. The molecule has 1 saturated heterocycles. The van der Waals surface area contributed by atoms with Gasteiger partial charge in [-0.1, -0.05) is 27.7 Å². The van der Waals surface area contributed by atoms with Crippen LogP contribution >= 0.6 is 0 Å². The van der Waals surface area contributed by atoms with Crippen molar-refractivity contribution in [3.8, 4) is 0 Å². The van der Waals surface area contributed by atoms with Crippen molar-refractivity contribution in [1.82, 2.24) is 10.2 Å². The highest BCUT2D eigenvalue weighted by molar-refractivity contribution is 5.16. The second-order valence-corrected chi connectivity index (χ2v) is 7.07. The van der Waals surface area contributed by atoms with E-state index in [9.17, 15) is 0 Å². The summed E-state index contributed by atoms with van der Waals surface area (Å²) in [4.78, 5) is 2.54. The van der Waals surface area contributed by atoms with Crippen LogP contribution in [0.1, 0.15) is 51.9 Å². The van der Waals surface area contributed by atoms with E-state index in [-0.39, 0.29) is 0 Å². The summed E-state index contributed by atoms with van der Waals surface area (Å²) >= 11 is 0. The summed E-state index contributed by atoms with van der Waals surface area (Å²) in [7, 11) is 0. The summed E-state index contributed by atoms with van der Waals surface area (Å²) in [6, 6.07) is 2.10. The SMILES string of the molecule is CCNCc1ccoc1CN1CCC(C(C)(C)C)CC1. The van der Waals surface area contributed by atoms with Crippen LogP contribution in [0.4, 0.5) is 0 Å². The van der Waals surface area contributed by atoms with Crippen LogP contribution in [-0.4, -0.2) is 24.5 Å². The lowest BCUT2D eigenvalue weighted by atomic mass is 9.75. The maximum absolute atomic E-state index is 5.68. The largest absolute Gasteiger partial charge is 0.468 e. The van der Waals surface area contributed by atoms with Crippen LogP contribution in [0.5, 0.6) is 0 Å². The molecule has 0 amide bonds. The summed E-state index contributed by atoms with van der Waals surface area (Å²) < 4.78 is 5.68. The maximum Gasteiger partial charge on any atom is 0.122 e. The van der Waals surface area contributed by atoms with Crippen molar-refractivity contribution in [3.05, 3.63) is 23.7 Å². The van der Waals surface area contributed by atoms with Gasteiger partial charge in [0.25, 0.3) is 0 Å². The van der Waals surface area contributed by atoms with Crippen LogP contribution in [0, 0.1) is 11.3 Å². The Kier molecular flexibility index (Phi) is 5.28. The third-order valence-corrected chi connectivity index (χ3v) is 4.58. The summed E-state index contributed by atoms with van der Waals surface area (Å²) in [5, 5.41) is 3.38. The molecule has 2 heterocycles. The highest BCUT2D eigenvalue weighted by Crippen LogP contribution is 2.34. The van der Waals surface area contributed by atoms with Crippen molar-refractivity contribution >= 4 is 0 Å². The van der Waals surface area contributed by atoms with Gasteiger partial charge in [-0.25, -0.2) is 0 Å². The fourth-order valence-electron chi connectivity index (χ4n) is 3.08. The van der Waals surface area contributed by atoms with Gasteiger partial charge in [0.2, 0.25) is 0 Å². The quantitative estimate of drug-likeness (QED) is 0.891. The van der Waals surface area contributed by atoms with Crippen LogP contribution in [0.25, 0.3) is 0 Å². The Morgan fingerprint density at radius 1 is 1.30 bits per heavy atom. The van der Waals surface area contributed by atoms with Crippen molar-refractivity contribution in [3.63, 3.8) is 0 Å². The third kappa shape index (κ3) is 4.10. The standard InChI is InChI=1S/C17H30N2O/c1-5-18-12-14-8-11-20-16(14)13-19-9-6-15(7-10-19)17(2,3)4/h8,11,15,18H,5-7,9-10,12-13H2,1-4H3. The first kappa shape index (κ1) is 15.6. The molecule has 3 heteroatoms. The molecule has 1 N–H and O–H groups in total. The Morgan fingerprint density at radius 3 is 2.60 bits per heavy atom. The van der Waals surface area contributed by atoms with Gasteiger partial charge in [0.15, 0.2) is 0 Å². The third-order valence-electron chi connectivity index (χ3n) is 4.58. The van der Waals surface area contributed by atoms with Gasteiger partial charge in [0.05, 0.1) is 12.8 Å². The Morgan fingerprint density at radius 2 is 2.00 bits per heavy atom. The number of piperidine rings is 1. The molecule has 1 aromatic rings. The molecule has 0 saturated carbocycles. The van der Waals surface area contributed by atoms with Crippen molar-refractivity contribution in [1.29, 1.82) is 0 Å². The van der Waals surface area contributed by atoms with Crippen LogP contribution in [0.2, 0.25) is 0 Å². The topological polar surface area (TPSA) is 28.4 Å². The Labute approximate surface area is 123 Å². The molecule has 0 spiro atoms. The molecule has 0 aromatic carbocycles. The van der Waals surface area contributed by atoms with E-state index < -0.39 is 0 Å². The van der Waals surface area contributed by atoms with Gasteiger partial charge in [-0.15, -0.1) is 0 Å². The Balaban J connectivity index is 1.85. The van der Waals surface area contributed by atoms with Crippen molar-refractivity contribution < 1.29 is 4.42 Å². The second kappa shape index (κ2) is 6.77. The number of hydrogen-bond donors (Lipinski definition) is 1. The summed E-state index contributed by atoms with van der Waals surface area (Å²) in [6.45, 7) is 14.5. The van der Waals surface area contributed by atoms with E-state index in [1.807, 2.05) is 6.26 Å². The zero-order chi connectivity index (χ0) is 14.6. The minimum absolute atomic E-state index is 0.451. The average Bonchev–Trinajstić information content (AvgIpc) is 2.83. The Hall–Kier alpha value is -0.800. The van der Waals surface area contributed by atoms with Crippen molar-refractivity contribution in [2.24, 2.45) is 11.3 Å². The van der Waals surface area contributed by atoms with Gasteiger partial charge in [-0.2, -0.15) is 0 Å². The zero-order valence-corrected chi connectivity index (χ0v) is 13.5. The van der Waals surface area contributed by atoms with E-state index in [1.165, 1.54) is 31.5 Å². The molecule has 3 nitrogen and oxygen atoms in total. The van der Waals surface area contributed by atoms with Gasteiger partial charge in [0, 0.05) is 12.1 Å². The molecule has 0 aliphatic carbocycles. The molecule has 0 bridgehead atoms. The molecule has 0 unspecified atom stereocenters. The smallest absolute Gasteiger partial charge is 0.122 e. The first-order chi connectivity index (χ1) is 9.50. The molecule has 0 radical (unpaired) electrons. The molecular weight excluding hydrogens is 248 g/mol. The summed E-state index contributed by atoms with van der Waals surface area (Å²) in [6.07, 6.45) is 4.45. The van der Waals surface area contributed by atoms with Gasteiger partial charge in [-0.3, -0.25) is 4.90 Å². The summed E-state index contributed by atoms with van der Waals surface area (Å²) in [5.41, 5.74) is 1.76. The number of furan rings is 1. The lowest BCUT2D eigenvalue weighted by Crippen LogP contribution is -2.37. The highest BCUT2D eigenvalue weighted by atomic mass is 16.3. The molecule has 1 aliphatic rings. The molecule has 0 atom stereocenters. The van der Waals surface area contributed by atoms with Crippen molar-refractivity contribution in [2.45, 2.75) is 53.6 Å². The molecule has 2 rings (SSSR count). The number of nitrogens with zero attached hydrogens (tertiary/aromatic N) is 1. The van der Waals surface area contributed by atoms with Gasteiger partial charge in [0.1, 0.15) is 5.76 Å². The number of rotatable bonds is 5. The second-order valence-electron chi connectivity index (χ2n) is 7.07. The van der Waals surface area contributed by atoms with E-state index in [1.54, 1.807) is 0 Å².